The molecule has 0 aliphatic heterocycles. The van der Waals surface area contributed by atoms with E-state index in [-0.39, 0.29) is 11.4 Å². The third-order valence-corrected chi connectivity index (χ3v) is 3.45. The second-order valence-electron chi connectivity index (χ2n) is 4.24. The van der Waals surface area contributed by atoms with Gasteiger partial charge in [-0.25, -0.2) is 0 Å². The van der Waals surface area contributed by atoms with E-state index in [1.54, 1.807) is 24.3 Å². The molecule has 0 aromatic heterocycles. The molecule has 0 spiro atoms. The van der Waals surface area contributed by atoms with Crippen LogP contribution in [0.25, 0.3) is 12.2 Å². The zero-order valence-electron chi connectivity index (χ0n) is 11.1. The Hall–Kier alpha value is -2.34. The minimum Gasteiger partial charge on any atom is -0.503 e. The van der Waals surface area contributed by atoms with Gasteiger partial charge in [-0.3, -0.25) is 10.1 Å². The van der Waals surface area contributed by atoms with Gasteiger partial charge in [0.2, 0.25) is 0 Å². The Labute approximate surface area is 129 Å². The molecular weight excluding hydrogens is 338 g/mol. The van der Waals surface area contributed by atoms with E-state index in [9.17, 15) is 15.2 Å². The van der Waals surface area contributed by atoms with Crippen LogP contribution in [0.5, 0.6) is 11.5 Å². The molecule has 0 saturated heterocycles. The maximum absolute atomic E-state index is 10.6. The van der Waals surface area contributed by atoms with Gasteiger partial charge in [0.1, 0.15) is 0 Å². The smallest absolute Gasteiger partial charge is 0.269 e. The highest BCUT2D eigenvalue weighted by Gasteiger charge is 2.07. The summed E-state index contributed by atoms with van der Waals surface area (Å²) in [7, 11) is 1.48. The van der Waals surface area contributed by atoms with Crippen molar-refractivity contribution in [2.45, 2.75) is 0 Å². The summed E-state index contributed by atoms with van der Waals surface area (Å²) in [5.74, 6) is 0.415. The molecule has 21 heavy (non-hydrogen) atoms. The van der Waals surface area contributed by atoms with E-state index >= 15 is 0 Å². The topological polar surface area (TPSA) is 72.6 Å². The zero-order valence-corrected chi connectivity index (χ0v) is 12.7. The second-order valence-corrected chi connectivity index (χ2v) is 5.09. The van der Waals surface area contributed by atoms with Crippen molar-refractivity contribution < 1.29 is 14.8 Å². The van der Waals surface area contributed by atoms with Crippen LogP contribution in [0.15, 0.2) is 40.9 Å². The second kappa shape index (κ2) is 6.41. The molecule has 6 heteroatoms. The van der Waals surface area contributed by atoms with E-state index in [4.69, 9.17) is 4.74 Å². The Morgan fingerprint density at radius 3 is 2.38 bits per heavy atom. The Morgan fingerprint density at radius 1 is 1.19 bits per heavy atom. The summed E-state index contributed by atoms with van der Waals surface area (Å²) in [4.78, 5) is 10.1. The van der Waals surface area contributed by atoms with Gasteiger partial charge in [-0.05, 0) is 51.3 Å². The monoisotopic (exact) mass is 349 g/mol. The van der Waals surface area contributed by atoms with Crippen molar-refractivity contribution in [3.05, 3.63) is 62.1 Å². The van der Waals surface area contributed by atoms with Gasteiger partial charge in [-0.1, -0.05) is 12.2 Å². The number of nitrogens with zero attached hydrogens (tertiary/aromatic N) is 1. The van der Waals surface area contributed by atoms with Crippen LogP contribution in [-0.4, -0.2) is 17.1 Å². The third-order valence-electron chi connectivity index (χ3n) is 2.84. The van der Waals surface area contributed by atoms with Crippen molar-refractivity contribution in [1.82, 2.24) is 0 Å². The fourth-order valence-electron chi connectivity index (χ4n) is 1.75. The molecule has 1 N–H and O–H groups in total. The number of nitro benzene ring substituents is 1. The number of aromatic hydroxyl groups is 1. The van der Waals surface area contributed by atoms with Crippen LogP contribution in [0.3, 0.4) is 0 Å². The van der Waals surface area contributed by atoms with Crippen LogP contribution in [0, 0.1) is 10.1 Å². The number of rotatable bonds is 4. The molecule has 0 amide bonds. The minimum absolute atomic E-state index is 0.0463. The molecule has 108 valence electrons. The molecule has 2 aromatic carbocycles. The lowest BCUT2D eigenvalue weighted by atomic mass is 10.1. The summed E-state index contributed by atoms with van der Waals surface area (Å²) in [6.07, 6.45) is 3.65. The summed E-state index contributed by atoms with van der Waals surface area (Å²) in [5, 5.41) is 20.3. The van der Waals surface area contributed by atoms with E-state index < -0.39 is 4.92 Å². The van der Waals surface area contributed by atoms with Crippen LogP contribution >= 0.6 is 15.9 Å². The highest BCUT2D eigenvalue weighted by Crippen LogP contribution is 2.35. The number of phenolic OH excluding ortho intramolecular Hbond substituents is 1. The van der Waals surface area contributed by atoms with Crippen LogP contribution in [0.1, 0.15) is 11.1 Å². The predicted molar refractivity (Wildman–Crippen MR) is 84.4 cm³/mol. The molecule has 2 rings (SSSR count). The first kappa shape index (κ1) is 15.1. The van der Waals surface area contributed by atoms with E-state index in [2.05, 4.69) is 15.9 Å². The molecule has 0 unspecified atom stereocenters. The first-order valence-electron chi connectivity index (χ1n) is 6.00. The quantitative estimate of drug-likeness (QED) is 0.509. The molecule has 0 saturated carbocycles. The summed E-state index contributed by atoms with van der Waals surface area (Å²) in [6.45, 7) is 0. The van der Waals surface area contributed by atoms with E-state index in [0.29, 0.717) is 10.2 Å². The van der Waals surface area contributed by atoms with E-state index in [0.717, 1.165) is 11.1 Å². The lowest BCUT2D eigenvalue weighted by molar-refractivity contribution is -0.384. The first-order chi connectivity index (χ1) is 10.0. The van der Waals surface area contributed by atoms with E-state index in [1.165, 1.54) is 19.2 Å². The molecule has 0 fully saturated rings. The van der Waals surface area contributed by atoms with Gasteiger partial charge in [0.25, 0.3) is 5.69 Å². The lowest BCUT2D eigenvalue weighted by Gasteiger charge is -2.06. The van der Waals surface area contributed by atoms with Crippen LogP contribution < -0.4 is 4.74 Å². The van der Waals surface area contributed by atoms with Gasteiger partial charge in [-0.15, -0.1) is 0 Å². The molecule has 0 radical (unpaired) electrons. The normalized spacial score (nSPS) is 10.8. The number of benzene rings is 2. The Kier molecular flexibility index (Phi) is 4.59. The van der Waals surface area contributed by atoms with Crippen LogP contribution in [0.2, 0.25) is 0 Å². The lowest BCUT2D eigenvalue weighted by Crippen LogP contribution is -1.87. The van der Waals surface area contributed by atoms with Crippen molar-refractivity contribution in [2.24, 2.45) is 0 Å². The summed E-state index contributed by atoms with van der Waals surface area (Å²) in [6, 6.07) is 9.68. The summed E-state index contributed by atoms with van der Waals surface area (Å²) in [5.41, 5.74) is 1.72. The van der Waals surface area contributed by atoms with Crippen molar-refractivity contribution in [2.75, 3.05) is 7.11 Å². The zero-order chi connectivity index (χ0) is 15.4. The van der Waals surface area contributed by atoms with Crippen LogP contribution in [0.4, 0.5) is 5.69 Å². The number of halogens is 1. The number of hydrogen-bond donors (Lipinski definition) is 1. The van der Waals surface area contributed by atoms with Crippen molar-refractivity contribution in [3.63, 3.8) is 0 Å². The van der Waals surface area contributed by atoms with Crippen molar-refractivity contribution in [1.29, 1.82) is 0 Å². The number of non-ortho nitro benzene ring substituents is 1. The highest BCUT2D eigenvalue weighted by atomic mass is 79.9. The molecule has 0 heterocycles. The van der Waals surface area contributed by atoms with Gasteiger partial charge in [0.05, 0.1) is 16.5 Å². The number of nitro groups is 1. The molecular formula is C15H12BrNO4. The number of phenols is 1. The maximum Gasteiger partial charge on any atom is 0.269 e. The predicted octanol–water partition coefficient (Wildman–Crippen LogP) is 4.24. The molecule has 5 nitrogen and oxygen atoms in total. The first-order valence-corrected chi connectivity index (χ1v) is 6.79. The standard InChI is InChI=1S/C15H12BrNO4/c1-21-14-9-11(8-13(16)15(14)18)3-2-10-4-6-12(7-5-10)17(19)20/h2-9,18H,1H3/b3-2+. The fourth-order valence-corrected chi connectivity index (χ4v) is 2.20. The third kappa shape index (κ3) is 3.61. The Balaban J connectivity index is 2.25. The van der Waals surface area contributed by atoms with Gasteiger partial charge < -0.3 is 9.84 Å². The molecule has 2 aromatic rings. The highest BCUT2D eigenvalue weighted by molar-refractivity contribution is 9.10. The van der Waals surface area contributed by atoms with Gasteiger partial charge in [-0.2, -0.15) is 0 Å². The molecule has 0 aliphatic carbocycles. The minimum atomic E-state index is -0.435. The van der Waals surface area contributed by atoms with Gasteiger partial charge >= 0.3 is 0 Å². The SMILES string of the molecule is COc1cc(/C=C/c2ccc([N+](=O)[O-])cc2)cc(Br)c1O. The van der Waals surface area contributed by atoms with Crippen LogP contribution in [-0.2, 0) is 0 Å². The summed E-state index contributed by atoms with van der Waals surface area (Å²) >= 11 is 3.25. The van der Waals surface area contributed by atoms with Crippen molar-refractivity contribution in [3.8, 4) is 11.5 Å². The number of hydrogen-bond acceptors (Lipinski definition) is 4. The Bertz CT molecular complexity index is 696. The Morgan fingerprint density at radius 2 is 1.81 bits per heavy atom. The average molecular weight is 350 g/mol. The molecule has 0 aliphatic rings. The van der Waals surface area contributed by atoms with E-state index in [1.807, 2.05) is 12.2 Å². The number of ether oxygens (including phenoxy) is 1. The van der Waals surface area contributed by atoms with Gasteiger partial charge in [0, 0.05) is 12.1 Å². The van der Waals surface area contributed by atoms with Gasteiger partial charge in [0.15, 0.2) is 11.5 Å². The summed E-state index contributed by atoms with van der Waals surface area (Å²) < 4.78 is 5.60. The fraction of sp³-hybridized carbons (Fsp3) is 0.0667. The molecule has 0 bridgehead atoms. The average Bonchev–Trinajstić information content (AvgIpc) is 2.48. The van der Waals surface area contributed by atoms with Crippen molar-refractivity contribution >= 4 is 33.8 Å². The molecule has 0 atom stereocenters. The maximum atomic E-state index is 10.6. The number of methoxy groups -OCH3 is 1. The largest absolute Gasteiger partial charge is 0.503 e.